The Morgan fingerprint density at radius 2 is 1.94 bits per heavy atom. The molecule has 1 unspecified atom stereocenters. The van der Waals surface area contributed by atoms with Gasteiger partial charge in [0.25, 0.3) is 0 Å². The second-order valence-electron chi connectivity index (χ2n) is 5.38. The van der Waals surface area contributed by atoms with E-state index in [0.717, 1.165) is 12.8 Å². The molecule has 5 heteroatoms. The second kappa shape index (κ2) is 6.07. The number of aliphatic carboxylic acids is 1. The Bertz CT molecular complexity index is 311. The molecule has 0 spiro atoms. The van der Waals surface area contributed by atoms with Crippen LogP contribution in [-0.2, 0) is 4.79 Å². The van der Waals surface area contributed by atoms with E-state index in [9.17, 15) is 9.59 Å². The van der Waals surface area contributed by atoms with Crippen LogP contribution in [0.15, 0.2) is 0 Å². The fourth-order valence-electron chi connectivity index (χ4n) is 2.97. The summed E-state index contributed by atoms with van der Waals surface area (Å²) in [5.41, 5.74) is 0. The van der Waals surface area contributed by atoms with Gasteiger partial charge in [-0.3, -0.25) is 4.79 Å². The monoisotopic (exact) mass is 254 g/mol. The van der Waals surface area contributed by atoms with Crippen molar-refractivity contribution >= 4 is 12.0 Å². The topological polar surface area (TPSA) is 69.6 Å². The van der Waals surface area contributed by atoms with Crippen LogP contribution in [-0.4, -0.2) is 40.6 Å². The van der Waals surface area contributed by atoms with Crippen LogP contribution < -0.4 is 5.32 Å². The van der Waals surface area contributed by atoms with E-state index >= 15 is 0 Å². The summed E-state index contributed by atoms with van der Waals surface area (Å²) in [6, 6.07) is 0.372. The quantitative estimate of drug-likeness (QED) is 0.753. The van der Waals surface area contributed by atoms with Gasteiger partial charge >= 0.3 is 12.0 Å². The van der Waals surface area contributed by atoms with Crippen molar-refractivity contribution in [2.45, 2.75) is 63.5 Å². The van der Waals surface area contributed by atoms with Crippen molar-refractivity contribution in [3.63, 3.8) is 0 Å². The summed E-state index contributed by atoms with van der Waals surface area (Å²) in [6.07, 6.45) is 7.80. The Kier molecular flexibility index (Phi) is 4.44. The number of nitrogens with one attached hydrogen (secondary N) is 1. The van der Waals surface area contributed by atoms with Gasteiger partial charge in [0.05, 0.1) is 0 Å². The number of hydrogen-bond donors (Lipinski definition) is 2. The maximum absolute atomic E-state index is 11.9. The first kappa shape index (κ1) is 13.2. The predicted molar refractivity (Wildman–Crippen MR) is 67.4 cm³/mol. The van der Waals surface area contributed by atoms with Gasteiger partial charge in [0, 0.05) is 25.0 Å². The fourth-order valence-corrected chi connectivity index (χ4v) is 2.97. The first-order chi connectivity index (χ1) is 8.66. The van der Waals surface area contributed by atoms with Gasteiger partial charge in [-0.15, -0.1) is 0 Å². The molecule has 2 rings (SSSR count). The average molecular weight is 254 g/mol. The molecular weight excluding hydrogens is 232 g/mol. The zero-order chi connectivity index (χ0) is 13.0. The first-order valence-corrected chi connectivity index (χ1v) is 6.96. The summed E-state index contributed by atoms with van der Waals surface area (Å²) in [7, 11) is 0. The molecule has 2 amide bonds. The Morgan fingerprint density at radius 3 is 2.56 bits per heavy atom. The molecule has 0 bridgehead atoms. The largest absolute Gasteiger partial charge is 0.481 e. The van der Waals surface area contributed by atoms with E-state index in [1.54, 1.807) is 0 Å². The summed E-state index contributed by atoms with van der Waals surface area (Å²) in [5, 5.41) is 11.6. The molecule has 0 aromatic carbocycles. The van der Waals surface area contributed by atoms with E-state index in [1.807, 2.05) is 4.90 Å². The van der Waals surface area contributed by atoms with Crippen LogP contribution in [0.4, 0.5) is 4.79 Å². The van der Waals surface area contributed by atoms with Gasteiger partial charge in [-0.25, -0.2) is 4.79 Å². The third kappa shape index (κ3) is 3.37. The third-order valence-electron chi connectivity index (χ3n) is 3.98. The van der Waals surface area contributed by atoms with Crippen LogP contribution >= 0.6 is 0 Å². The lowest BCUT2D eigenvalue weighted by molar-refractivity contribution is -0.137. The van der Waals surface area contributed by atoms with E-state index in [-0.39, 0.29) is 18.5 Å². The van der Waals surface area contributed by atoms with E-state index in [0.29, 0.717) is 19.0 Å². The number of amides is 2. The van der Waals surface area contributed by atoms with Gasteiger partial charge in [-0.05, 0) is 19.3 Å². The number of urea groups is 1. The van der Waals surface area contributed by atoms with Crippen LogP contribution in [0.2, 0.25) is 0 Å². The van der Waals surface area contributed by atoms with Gasteiger partial charge in [0.2, 0.25) is 0 Å². The maximum Gasteiger partial charge on any atom is 0.317 e. The number of carbonyl (C=O) groups excluding carboxylic acids is 1. The molecule has 1 atom stereocenters. The van der Waals surface area contributed by atoms with Gasteiger partial charge in [-0.1, -0.05) is 25.7 Å². The van der Waals surface area contributed by atoms with Gasteiger partial charge < -0.3 is 15.3 Å². The highest BCUT2D eigenvalue weighted by molar-refractivity contribution is 5.77. The SMILES string of the molecule is O=C(O)CCC1CN(C2CCCCCC2)C(=O)N1. The minimum atomic E-state index is -0.794. The van der Waals surface area contributed by atoms with Crippen molar-refractivity contribution in [3.05, 3.63) is 0 Å². The van der Waals surface area contributed by atoms with Gasteiger partial charge in [0.1, 0.15) is 0 Å². The zero-order valence-electron chi connectivity index (χ0n) is 10.7. The number of carboxylic acids is 1. The molecule has 18 heavy (non-hydrogen) atoms. The fraction of sp³-hybridized carbons (Fsp3) is 0.846. The standard InChI is InChI=1S/C13H22N2O3/c16-12(17)8-7-10-9-15(13(18)14-10)11-5-3-1-2-4-6-11/h10-11H,1-9H2,(H,14,18)(H,16,17). The Hall–Kier alpha value is -1.26. The zero-order valence-corrected chi connectivity index (χ0v) is 10.7. The van der Waals surface area contributed by atoms with Crippen LogP contribution in [0.5, 0.6) is 0 Å². The number of rotatable bonds is 4. The molecule has 1 heterocycles. The van der Waals surface area contributed by atoms with E-state index in [2.05, 4.69) is 5.32 Å². The van der Waals surface area contributed by atoms with Crippen molar-refractivity contribution in [2.24, 2.45) is 0 Å². The molecule has 2 fully saturated rings. The number of nitrogens with zero attached hydrogens (tertiary/aromatic N) is 1. The first-order valence-electron chi connectivity index (χ1n) is 6.96. The highest BCUT2D eigenvalue weighted by atomic mass is 16.4. The molecule has 2 N–H and O–H groups in total. The van der Waals surface area contributed by atoms with Crippen molar-refractivity contribution < 1.29 is 14.7 Å². The molecule has 2 aliphatic rings. The maximum atomic E-state index is 11.9. The number of carboxylic acid groups (broad SMARTS) is 1. The van der Waals surface area contributed by atoms with E-state index in [1.165, 1.54) is 25.7 Å². The molecule has 1 saturated heterocycles. The van der Waals surface area contributed by atoms with E-state index in [4.69, 9.17) is 5.11 Å². The summed E-state index contributed by atoms with van der Waals surface area (Å²) >= 11 is 0. The molecule has 0 aromatic rings. The third-order valence-corrected chi connectivity index (χ3v) is 3.98. The smallest absolute Gasteiger partial charge is 0.317 e. The molecule has 5 nitrogen and oxygen atoms in total. The van der Waals surface area contributed by atoms with Crippen molar-refractivity contribution in [3.8, 4) is 0 Å². The van der Waals surface area contributed by atoms with Crippen molar-refractivity contribution in [1.29, 1.82) is 0 Å². The predicted octanol–water partition coefficient (Wildman–Crippen LogP) is 1.97. The summed E-state index contributed by atoms with van der Waals surface area (Å²) in [6.45, 7) is 0.677. The molecule has 1 aliphatic carbocycles. The Labute approximate surface area is 108 Å². The molecular formula is C13H22N2O3. The Balaban J connectivity index is 1.85. The molecule has 0 radical (unpaired) electrons. The van der Waals surface area contributed by atoms with Crippen LogP contribution in [0.25, 0.3) is 0 Å². The highest BCUT2D eigenvalue weighted by Gasteiger charge is 2.33. The lowest BCUT2D eigenvalue weighted by atomic mass is 10.1. The average Bonchev–Trinajstić information content (AvgIpc) is 2.55. The normalized spacial score (nSPS) is 25.9. The molecule has 102 valence electrons. The Morgan fingerprint density at radius 1 is 1.28 bits per heavy atom. The molecule has 0 aromatic heterocycles. The van der Waals surface area contributed by atoms with Crippen LogP contribution in [0.3, 0.4) is 0 Å². The lowest BCUT2D eigenvalue weighted by Gasteiger charge is -2.25. The van der Waals surface area contributed by atoms with Crippen molar-refractivity contribution in [2.75, 3.05) is 6.54 Å². The van der Waals surface area contributed by atoms with Crippen LogP contribution in [0.1, 0.15) is 51.4 Å². The minimum absolute atomic E-state index is 0.00251. The second-order valence-corrected chi connectivity index (χ2v) is 5.38. The summed E-state index contributed by atoms with van der Waals surface area (Å²) in [4.78, 5) is 24.4. The minimum Gasteiger partial charge on any atom is -0.481 e. The lowest BCUT2D eigenvalue weighted by Crippen LogP contribution is -2.37. The molecule has 1 saturated carbocycles. The van der Waals surface area contributed by atoms with E-state index < -0.39 is 5.97 Å². The van der Waals surface area contributed by atoms with Crippen LogP contribution in [0, 0.1) is 0 Å². The van der Waals surface area contributed by atoms with Gasteiger partial charge in [0.15, 0.2) is 0 Å². The van der Waals surface area contributed by atoms with Crippen molar-refractivity contribution in [1.82, 2.24) is 10.2 Å². The number of carbonyl (C=O) groups is 2. The summed E-state index contributed by atoms with van der Waals surface area (Å²) in [5.74, 6) is -0.794. The summed E-state index contributed by atoms with van der Waals surface area (Å²) < 4.78 is 0. The van der Waals surface area contributed by atoms with Gasteiger partial charge in [-0.2, -0.15) is 0 Å². The highest BCUT2D eigenvalue weighted by Crippen LogP contribution is 2.24. The molecule has 1 aliphatic heterocycles. The number of hydrogen-bond acceptors (Lipinski definition) is 2.